The summed E-state index contributed by atoms with van der Waals surface area (Å²) in [7, 11) is 0. The van der Waals surface area contributed by atoms with Crippen LogP contribution in [0, 0.1) is 0 Å². The zero-order valence-corrected chi connectivity index (χ0v) is 10.5. The predicted molar refractivity (Wildman–Crippen MR) is 72.1 cm³/mol. The van der Waals surface area contributed by atoms with Gasteiger partial charge in [-0.15, -0.1) is 5.10 Å². The number of hydrogen-bond acceptors (Lipinski definition) is 6. The van der Waals surface area contributed by atoms with Crippen LogP contribution in [0.5, 0.6) is 6.01 Å². The van der Waals surface area contributed by atoms with Crippen LogP contribution in [0.2, 0.25) is 0 Å². The highest BCUT2D eigenvalue weighted by atomic mass is 16.5. The van der Waals surface area contributed by atoms with E-state index in [0.29, 0.717) is 17.4 Å². The lowest BCUT2D eigenvalue weighted by molar-refractivity contribution is 0.276. The summed E-state index contributed by atoms with van der Waals surface area (Å²) in [5.41, 5.74) is 7.94. The Labute approximate surface area is 115 Å². The van der Waals surface area contributed by atoms with Crippen molar-refractivity contribution in [2.45, 2.75) is 6.61 Å². The SMILES string of the molecule is Nc1cccc(-n2cc(COc3ncccn3)nn2)c1. The van der Waals surface area contributed by atoms with Crippen LogP contribution in [0.15, 0.2) is 48.9 Å². The second kappa shape index (κ2) is 5.35. The quantitative estimate of drug-likeness (QED) is 0.715. The van der Waals surface area contributed by atoms with Crippen LogP contribution >= 0.6 is 0 Å². The minimum absolute atomic E-state index is 0.256. The van der Waals surface area contributed by atoms with Crippen LogP contribution in [0.3, 0.4) is 0 Å². The van der Waals surface area contributed by atoms with E-state index in [9.17, 15) is 0 Å². The van der Waals surface area contributed by atoms with Crippen molar-refractivity contribution in [3.05, 3.63) is 54.6 Å². The van der Waals surface area contributed by atoms with E-state index >= 15 is 0 Å². The number of ether oxygens (including phenoxy) is 1. The third-order valence-corrected chi connectivity index (χ3v) is 2.57. The van der Waals surface area contributed by atoms with Gasteiger partial charge in [0, 0.05) is 18.1 Å². The number of hydrogen-bond donors (Lipinski definition) is 1. The molecule has 0 spiro atoms. The molecule has 0 bridgehead atoms. The third kappa shape index (κ3) is 2.72. The lowest BCUT2D eigenvalue weighted by Gasteiger charge is -2.01. The summed E-state index contributed by atoms with van der Waals surface area (Å²) >= 11 is 0. The maximum Gasteiger partial charge on any atom is 0.316 e. The lowest BCUT2D eigenvalue weighted by atomic mass is 10.3. The van der Waals surface area contributed by atoms with Crippen LogP contribution in [-0.4, -0.2) is 25.0 Å². The van der Waals surface area contributed by atoms with Crippen molar-refractivity contribution in [1.29, 1.82) is 0 Å². The van der Waals surface area contributed by atoms with Crippen LogP contribution in [0.25, 0.3) is 5.69 Å². The molecule has 2 aromatic heterocycles. The predicted octanol–water partition coefficient (Wildman–Crippen LogP) is 1.22. The molecule has 2 heterocycles. The molecule has 20 heavy (non-hydrogen) atoms. The van der Waals surface area contributed by atoms with Crippen molar-refractivity contribution in [3.8, 4) is 11.7 Å². The third-order valence-electron chi connectivity index (χ3n) is 2.57. The fourth-order valence-electron chi connectivity index (χ4n) is 1.66. The monoisotopic (exact) mass is 268 g/mol. The van der Waals surface area contributed by atoms with E-state index in [-0.39, 0.29) is 6.61 Å². The molecular formula is C13H12N6O. The van der Waals surface area contributed by atoms with E-state index in [2.05, 4.69) is 20.3 Å². The molecule has 2 N–H and O–H groups in total. The smallest absolute Gasteiger partial charge is 0.316 e. The molecule has 3 aromatic rings. The van der Waals surface area contributed by atoms with Gasteiger partial charge in [-0.2, -0.15) is 0 Å². The van der Waals surface area contributed by atoms with Crippen LogP contribution in [0.1, 0.15) is 5.69 Å². The summed E-state index contributed by atoms with van der Waals surface area (Å²) in [5, 5.41) is 8.06. The van der Waals surface area contributed by atoms with Gasteiger partial charge in [-0.1, -0.05) is 11.3 Å². The topological polar surface area (TPSA) is 91.7 Å². The van der Waals surface area contributed by atoms with Crippen LogP contribution in [-0.2, 0) is 6.61 Å². The summed E-state index contributed by atoms with van der Waals surface area (Å²) in [6, 6.07) is 9.43. The van der Waals surface area contributed by atoms with Gasteiger partial charge in [-0.3, -0.25) is 0 Å². The number of nitrogen functional groups attached to an aromatic ring is 1. The molecule has 0 unspecified atom stereocenters. The van der Waals surface area contributed by atoms with E-state index < -0.39 is 0 Å². The maximum atomic E-state index is 5.73. The summed E-state index contributed by atoms with van der Waals surface area (Å²) < 4.78 is 7.04. The molecule has 7 nitrogen and oxygen atoms in total. The van der Waals surface area contributed by atoms with Crippen molar-refractivity contribution in [3.63, 3.8) is 0 Å². The molecular weight excluding hydrogens is 256 g/mol. The van der Waals surface area contributed by atoms with Gasteiger partial charge in [-0.25, -0.2) is 14.6 Å². The molecule has 1 aromatic carbocycles. The van der Waals surface area contributed by atoms with E-state index in [4.69, 9.17) is 10.5 Å². The first kappa shape index (κ1) is 12.1. The largest absolute Gasteiger partial charge is 0.457 e. The number of benzene rings is 1. The van der Waals surface area contributed by atoms with Crippen LogP contribution < -0.4 is 10.5 Å². The first-order chi connectivity index (χ1) is 9.81. The maximum absolute atomic E-state index is 5.73. The fraction of sp³-hybridized carbons (Fsp3) is 0.0769. The van der Waals surface area contributed by atoms with Gasteiger partial charge in [0.2, 0.25) is 0 Å². The van der Waals surface area contributed by atoms with Crippen molar-refractivity contribution < 1.29 is 4.74 Å². The van der Waals surface area contributed by atoms with E-state index in [0.717, 1.165) is 5.69 Å². The highest BCUT2D eigenvalue weighted by molar-refractivity contribution is 5.46. The number of nitrogens with two attached hydrogens (primary N) is 1. The molecule has 0 saturated heterocycles. The van der Waals surface area contributed by atoms with Gasteiger partial charge < -0.3 is 10.5 Å². The average Bonchev–Trinajstić information content (AvgIpc) is 2.95. The summed E-state index contributed by atoms with van der Waals surface area (Å²) in [6.07, 6.45) is 5.01. The van der Waals surface area contributed by atoms with Gasteiger partial charge in [0.05, 0.1) is 11.9 Å². The average molecular weight is 268 g/mol. The second-order valence-electron chi connectivity index (χ2n) is 4.07. The van der Waals surface area contributed by atoms with E-state index in [1.807, 2.05) is 24.3 Å². The van der Waals surface area contributed by atoms with E-state index in [1.54, 1.807) is 29.3 Å². The Balaban J connectivity index is 1.71. The van der Waals surface area contributed by atoms with E-state index in [1.165, 1.54) is 0 Å². The molecule has 0 radical (unpaired) electrons. The Bertz CT molecular complexity index is 697. The molecule has 0 fully saturated rings. The summed E-state index contributed by atoms with van der Waals surface area (Å²) in [6.45, 7) is 0.256. The molecule has 0 aliphatic carbocycles. The Hall–Kier alpha value is -2.96. The first-order valence-electron chi connectivity index (χ1n) is 5.98. The normalized spacial score (nSPS) is 10.4. The Morgan fingerprint density at radius 2 is 2.00 bits per heavy atom. The lowest BCUT2D eigenvalue weighted by Crippen LogP contribution is -1.99. The summed E-state index contributed by atoms with van der Waals surface area (Å²) in [5.74, 6) is 0. The number of nitrogens with zero attached hydrogens (tertiary/aromatic N) is 5. The Morgan fingerprint density at radius 3 is 2.80 bits per heavy atom. The molecule has 0 aliphatic rings. The minimum atomic E-state index is 0.256. The van der Waals surface area contributed by atoms with Gasteiger partial charge in [0.15, 0.2) is 0 Å². The summed E-state index contributed by atoms with van der Waals surface area (Å²) in [4.78, 5) is 7.93. The highest BCUT2D eigenvalue weighted by Gasteiger charge is 2.04. The zero-order chi connectivity index (χ0) is 13.8. The molecule has 0 aliphatic heterocycles. The molecule has 0 saturated carbocycles. The van der Waals surface area contributed by atoms with Crippen LogP contribution in [0.4, 0.5) is 5.69 Å². The van der Waals surface area contributed by atoms with Gasteiger partial charge >= 0.3 is 6.01 Å². The molecule has 0 atom stereocenters. The Morgan fingerprint density at radius 1 is 1.15 bits per heavy atom. The van der Waals surface area contributed by atoms with Crippen molar-refractivity contribution in [2.75, 3.05) is 5.73 Å². The van der Waals surface area contributed by atoms with Crippen molar-refractivity contribution >= 4 is 5.69 Å². The highest BCUT2D eigenvalue weighted by Crippen LogP contribution is 2.11. The zero-order valence-electron chi connectivity index (χ0n) is 10.5. The second-order valence-corrected chi connectivity index (χ2v) is 4.07. The number of aromatic nitrogens is 5. The Kier molecular flexibility index (Phi) is 3.24. The minimum Gasteiger partial charge on any atom is -0.457 e. The fourth-order valence-corrected chi connectivity index (χ4v) is 1.66. The standard InChI is InChI=1S/C13H12N6O/c14-10-3-1-4-12(7-10)19-8-11(17-18-19)9-20-13-15-5-2-6-16-13/h1-8H,9,14H2. The molecule has 100 valence electrons. The van der Waals surface area contributed by atoms with Gasteiger partial charge in [-0.05, 0) is 24.3 Å². The molecule has 7 heteroatoms. The number of rotatable bonds is 4. The number of anilines is 1. The first-order valence-corrected chi connectivity index (χ1v) is 5.98. The van der Waals surface area contributed by atoms with Crippen molar-refractivity contribution in [2.24, 2.45) is 0 Å². The van der Waals surface area contributed by atoms with Gasteiger partial charge in [0.1, 0.15) is 12.3 Å². The van der Waals surface area contributed by atoms with Crippen molar-refractivity contribution in [1.82, 2.24) is 25.0 Å². The van der Waals surface area contributed by atoms with Gasteiger partial charge in [0.25, 0.3) is 0 Å². The molecule has 3 rings (SSSR count). The molecule has 0 amide bonds.